The number of thiophene rings is 1. The first-order valence-corrected chi connectivity index (χ1v) is 7.98. The highest BCUT2D eigenvalue weighted by Crippen LogP contribution is 2.30. The molecule has 108 valence electrons. The van der Waals surface area contributed by atoms with Gasteiger partial charge in [-0.15, -0.1) is 23.7 Å². The van der Waals surface area contributed by atoms with Crippen LogP contribution in [-0.4, -0.2) is 15.0 Å². The molecular formula is C11H17ClN2O3S2. The van der Waals surface area contributed by atoms with Gasteiger partial charge in [-0.2, -0.15) is 0 Å². The van der Waals surface area contributed by atoms with Gasteiger partial charge < -0.3 is 9.73 Å². The molecule has 0 bridgehead atoms. The molecule has 0 saturated heterocycles. The number of rotatable bonds is 5. The Morgan fingerprint density at radius 3 is 2.63 bits per heavy atom. The van der Waals surface area contributed by atoms with Crippen molar-refractivity contribution in [1.29, 1.82) is 0 Å². The number of primary sulfonamides is 1. The molecule has 8 heteroatoms. The predicted octanol–water partition coefficient (Wildman–Crippen LogP) is 2.31. The molecule has 0 aliphatic carbocycles. The van der Waals surface area contributed by atoms with Gasteiger partial charge in [0.1, 0.15) is 0 Å². The summed E-state index contributed by atoms with van der Waals surface area (Å²) >= 11 is 1.44. The summed E-state index contributed by atoms with van der Waals surface area (Å²) in [5, 5.41) is 8.93. The van der Waals surface area contributed by atoms with Crippen LogP contribution < -0.4 is 10.5 Å². The Bertz CT molecular complexity index is 614. The molecule has 2 aromatic heterocycles. The van der Waals surface area contributed by atoms with Gasteiger partial charge in [0.2, 0.25) is 5.09 Å². The fourth-order valence-corrected chi connectivity index (χ4v) is 3.09. The van der Waals surface area contributed by atoms with Crippen molar-refractivity contribution >= 4 is 44.1 Å². The van der Waals surface area contributed by atoms with Gasteiger partial charge in [-0.1, -0.05) is 13.8 Å². The number of nitrogens with one attached hydrogen (secondary N) is 1. The van der Waals surface area contributed by atoms with Gasteiger partial charge in [-0.25, -0.2) is 13.6 Å². The first kappa shape index (κ1) is 16.5. The first-order valence-electron chi connectivity index (χ1n) is 5.62. The lowest BCUT2D eigenvalue weighted by Crippen LogP contribution is -2.18. The van der Waals surface area contributed by atoms with Crippen LogP contribution in [0.15, 0.2) is 21.6 Å². The molecule has 5 nitrogen and oxygen atoms in total. The van der Waals surface area contributed by atoms with Gasteiger partial charge >= 0.3 is 0 Å². The second kappa shape index (κ2) is 6.23. The third-order valence-electron chi connectivity index (χ3n) is 2.37. The number of fused-ring (bicyclic) bond motifs is 1. The van der Waals surface area contributed by atoms with E-state index < -0.39 is 10.0 Å². The largest absolute Gasteiger partial charge is 0.433 e. The smallest absolute Gasteiger partial charge is 0.271 e. The zero-order valence-electron chi connectivity index (χ0n) is 10.7. The summed E-state index contributed by atoms with van der Waals surface area (Å²) < 4.78 is 27.4. The Balaban J connectivity index is 0.00000180. The van der Waals surface area contributed by atoms with Crippen LogP contribution in [0.5, 0.6) is 0 Å². The molecule has 0 spiro atoms. The van der Waals surface area contributed by atoms with Gasteiger partial charge in [-0.05, 0) is 18.5 Å². The van der Waals surface area contributed by atoms with Crippen molar-refractivity contribution in [2.45, 2.75) is 25.5 Å². The first-order chi connectivity index (χ1) is 8.36. The highest BCUT2D eigenvalue weighted by atomic mass is 35.5. The highest BCUT2D eigenvalue weighted by molar-refractivity contribution is 7.89. The average Bonchev–Trinajstić information content (AvgIpc) is 2.72. The lowest BCUT2D eigenvalue weighted by Gasteiger charge is -2.04. The molecule has 0 aliphatic rings. The summed E-state index contributed by atoms with van der Waals surface area (Å²) in [4.78, 5) is 1.71. The van der Waals surface area contributed by atoms with Gasteiger partial charge in [0.15, 0.2) is 4.90 Å². The van der Waals surface area contributed by atoms with Crippen molar-refractivity contribution in [1.82, 2.24) is 5.32 Å². The SMILES string of the molecule is CC(C)CNCc1cc2cc(S(N)(=O)=O)oc2s1.Cl. The minimum Gasteiger partial charge on any atom is -0.433 e. The average molecular weight is 325 g/mol. The van der Waals surface area contributed by atoms with Crippen LogP contribution in [0.3, 0.4) is 0 Å². The fourth-order valence-electron chi connectivity index (χ4n) is 1.58. The Morgan fingerprint density at radius 2 is 2.11 bits per heavy atom. The number of sulfonamides is 1. The molecule has 2 aromatic rings. The van der Waals surface area contributed by atoms with Crippen LogP contribution in [0.1, 0.15) is 18.7 Å². The van der Waals surface area contributed by atoms with E-state index in [1.165, 1.54) is 17.4 Å². The molecule has 2 heterocycles. The summed E-state index contributed by atoms with van der Waals surface area (Å²) in [6.45, 7) is 6.00. The van der Waals surface area contributed by atoms with Crippen molar-refractivity contribution < 1.29 is 12.8 Å². The minimum absolute atomic E-state index is 0. The van der Waals surface area contributed by atoms with E-state index in [-0.39, 0.29) is 17.5 Å². The second-order valence-corrected chi connectivity index (χ2v) is 7.18. The standard InChI is InChI=1S/C11H16N2O3S2.ClH/c1-7(2)5-13-6-9-3-8-4-10(18(12,14)15)16-11(8)17-9;/h3-4,7,13H,5-6H2,1-2H3,(H2,12,14,15);1H. The number of nitrogens with two attached hydrogens (primary N) is 1. The van der Waals surface area contributed by atoms with Crippen molar-refractivity contribution in [3.8, 4) is 0 Å². The number of hydrogen-bond donors (Lipinski definition) is 2. The van der Waals surface area contributed by atoms with Crippen molar-refractivity contribution in [3.05, 3.63) is 17.0 Å². The zero-order valence-corrected chi connectivity index (χ0v) is 13.1. The summed E-state index contributed by atoms with van der Waals surface area (Å²) in [7, 11) is -3.75. The van der Waals surface area contributed by atoms with E-state index >= 15 is 0 Å². The Hall–Kier alpha value is -0.600. The maximum atomic E-state index is 11.1. The lowest BCUT2D eigenvalue weighted by atomic mass is 10.2. The Labute approximate surface area is 122 Å². The van der Waals surface area contributed by atoms with Crippen LogP contribution >= 0.6 is 23.7 Å². The molecule has 2 rings (SSSR count). The van der Waals surface area contributed by atoms with E-state index in [1.54, 1.807) is 0 Å². The van der Waals surface area contributed by atoms with E-state index in [4.69, 9.17) is 9.56 Å². The number of halogens is 1. The quantitative estimate of drug-likeness (QED) is 0.883. The van der Waals surface area contributed by atoms with Crippen molar-refractivity contribution in [2.24, 2.45) is 11.1 Å². The molecule has 0 radical (unpaired) electrons. The fraction of sp³-hybridized carbons (Fsp3) is 0.455. The monoisotopic (exact) mass is 324 g/mol. The summed E-state index contributed by atoms with van der Waals surface area (Å²) in [6, 6.07) is 3.39. The minimum atomic E-state index is -3.75. The zero-order chi connectivity index (χ0) is 13.3. The molecule has 0 fully saturated rings. The molecule has 0 saturated carbocycles. The van der Waals surface area contributed by atoms with Gasteiger partial charge in [0.05, 0.1) is 0 Å². The normalized spacial score (nSPS) is 12.0. The molecule has 0 aliphatic heterocycles. The van der Waals surface area contributed by atoms with E-state index in [2.05, 4.69) is 19.2 Å². The molecule has 0 atom stereocenters. The summed E-state index contributed by atoms with van der Waals surface area (Å²) in [6.07, 6.45) is 0. The topological polar surface area (TPSA) is 85.3 Å². The number of furan rings is 1. The second-order valence-electron chi connectivity index (χ2n) is 4.59. The lowest BCUT2D eigenvalue weighted by molar-refractivity contribution is 0.486. The maximum Gasteiger partial charge on any atom is 0.271 e. The van der Waals surface area contributed by atoms with Gasteiger partial charge in [0.25, 0.3) is 10.0 Å². The maximum absolute atomic E-state index is 11.1. The van der Waals surface area contributed by atoms with Crippen LogP contribution in [0.2, 0.25) is 0 Å². The summed E-state index contributed by atoms with van der Waals surface area (Å²) in [5.41, 5.74) is 0. The van der Waals surface area contributed by atoms with Crippen LogP contribution in [0.25, 0.3) is 10.3 Å². The van der Waals surface area contributed by atoms with Crippen LogP contribution in [-0.2, 0) is 16.6 Å². The third kappa shape index (κ3) is 4.19. The van der Waals surface area contributed by atoms with Crippen molar-refractivity contribution in [2.75, 3.05) is 6.54 Å². The van der Waals surface area contributed by atoms with E-state index in [0.717, 1.165) is 23.4 Å². The van der Waals surface area contributed by atoms with E-state index in [1.807, 2.05) is 6.07 Å². The van der Waals surface area contributed by atoms with Gasteiger partial charge in [0, 0.05) is 22.9 Å². The molecule has 0 aromatic carbocycles. The third-order valence-corrected chi connectivity index (χ3v) is 4.17. The molecule has 3 N–H and O–H groups in total. The van der Waals surface area contributed by atoms with Gasteiger partial charge in [-0.3, -0.25) is 0 Å². The summed E-state index contributed by atoms with van der Waals surface area (Å²) in [5.74, 6) is 0.599. The Morgan fingerprint density at radius 1 is 1.42 bits per heavy atom. The molecular weight excluding hydrogens is 308 g/mol. The van der Waals surface area contributed by atoms with Crippen LogP contribution in [0.4, 0.5) is 0 Å². The van der Waals surface area contributed by atoms with Crippen LogP contribution in [0, 0.1) is 5.92 Å². The predicted molar refractivity (Wildman–Crippen MR) is 79.3 cm³/mol. The van der Waals surface area contributed by atoms with E-state index in [9.17, 15) is 8.42 Å². The highest BCUT2D eigenvalue weighted by Gasteiger charge is 2.16. The molecule has 0 amide bonds. The van der Waals surface area contributed by atoms with E-state index in [0.29, 0.717) is 10.8 Å². The Kier molecular flexibility index (Phi) is 5.40. The number of hydrogen-bond acceptors (Lipinski definition) is 5. The van der Waals surface area contributed by atoms with Crippen molar-refractivity contribution in [3.63, 3.8) is 0 Å². The molecule has 0 unspecified atom stereocenters. The molecule has 19 heavy (non-hydrogen) atoms.